The summed E-state index contributed by atoms with van der Waals surface area (Å²) in [6.07, 6.45) is 1.41. The third-order valence-electron chi connectivity index (χ3n) is 2.42. The highest BCUT2D eigenvalue weighted by atomic mass is 16.5. The number of ether oxygens (including phenoxy) is 1. The molecular formula is C13H15NO2. The summed E-state index contributed by atoms with van der Waals surface area (Å²) < 4.78 is 5.11. The molecule has 1 unspecified atom stereocenters. The van der Waals surface area contributed by atoms with Crippen molar-refractivity contribution in [2.75, 3.05) is 7.11 Å². The van der Waals surface area contributed by atoms with Gasteiger partial charge in [-0.25, -0.2) is 0 Å². The van der Waals surface area contributed by atoms with Gasteiger partial charge in [-0.05, 0) is 18.6 Å². The van der Waals surface area contributed by atoms with Crippen molar-refractivity contribution in [2.45, 2.75) is 19.8 Å². The quantitative estimate of drug-likeness (QED) is 0.712. The Morgan fingerprint density at radius 3 is 2.75 bits per heavy atom. The van der Waals surface area contributed by atoms with Crippen LogP contribution >= 0.6 is 0 Å². The van der Waals surface area contributed by atoms with E-state index in [0.29, 0.717) is 17.7 Å². The largest absolute Gasteiger partial charge is 0.496 e. The smallest absolute Gasteiger partial charge is 0.183 e. The van der Waals surface area contributed by atoms with Crippen molar-refractivity contribution in [3.05, 3.63) is 29.8 Å². The Bertz CT molecular complexity index is 407. The van der Waals surface area contributed by atoms with Gasteiger partial charge in [0.05, 0.1) is 18.7 Å². The Kier molecular flexibility index (Phi) is 4.53. The molecule has 3 heteroatoms. The van der Waals surface area contributed by atoms with Crippen LogP contribution in [-0.2, 0) is 0 Å². The van der Waals surface area contributed by atoms with Crippen molar-refractivity contribution in [2.24, 2.45) is 5.92 Å². The number of para-hydroxylation sites is 1. The summed E-state index contributed by atoms with van der Waals surface area (Å²) in [4.78, 5) is 12.0. The first kappa shape index (κ1) is 12.3. The average molecular weight is 217 g/mol. The van der Waals surface area contributed by atoms with Gasteiger partial charge < -0.3 is 4.74 Å². The minimum absolute atomic E-state index is 0.151. The highest BCUT2D eigenvalue weighted by Crippen LogP contribution is 2.22. The van der Waals surface area contributed by atoms with E-state index in [0.717, 1.165) is 6.42 Å². The second kappa shape index (κ2) is 5.92. The summed E-state index contributed by atoms with van der Waals surface area (Å²) in [5.41, 5.74) is 0.491. The third kappa shape index (κ3) is 2.60. The number of methoxy groups -OCH3 is 1. The van der Waals surface area contributed by atoms with Gasteiger partial charge in [0, 0.05) is 0 Å². The fraction of sp³-hybridized carbons (Fsp3) is 0.385. The zero-order valence-electron chi connectivity index (χ0n) is 9.56. The number of hydrogen-bond donors (Lipinski definition) is 0. The fourth-order valence-corrected chi connectivity index (χ4v) is 1.58. The molecule has 1 atom stereocenters. The summed E-state index contributed by atoms with van der Waals surface area (Å²) in [5, 5.41) is 8.94. The molecule has 0 heterocycles. The molecule has 0 aliphatic heterocycles. The normalized spacial score (nSPS) is 11.6. The van der Waals surface area contributed by atoms with Crippen LogP contribution in [0.4, 0.5) is 0 Å². The van der Waals surface area contributed by atoms with Crippen LogP contribution in [-0.4, -0.2) is 12.9 Å². The Hall–Kier alpha value is -1.82. The van der Waals surface area contributed by atoms with E-state index in [-0.39, 0.29) is 5.78 Å². The first-order chi connectivity index (χ1) is 7.74. The van der Waals surface area contributed by atoms with Crippen LogP contribution in [0.25, 0.3) is 0 Å². The van der Waals surface area contributed by atoms with Crippen molar-refractivity contribution in [3.8, 4) is 11.8 Å². The lowest BCUT2D eigenvalue weighted by Crippen LogP contribution is -2.13. The number of rotatable bonds is 5. The van der Waals surface area contributed by atoms with Gasteiger partial charge in [-0.2, -0.15) is 5.26 Å². The molecule has 0 aliphatic carbocycles. The molecular weight excluding hydrogens is 202 g/mol. The van der Waals surface area contributed by atoms with Crippen LogP contribution in [0.2, 0.25) is 0 Å². The average Bonchev–Trinajstić information content (AvgIpc) is 2.35. The van der Waals surface area contributed by atoms with Crippen LogP contribution in [0.5, 0.6) is 5.75 Å². The van der Waals surface area contributed by atoms with Crippen LogP contribution in [0.1, 0.15) is 30.1 Å². The number of Topliss-reactive ketones (excluding diaryl/α,β-unsaturated/α-hetero) is 1. The molecule has 1 aromatic carbocycles. The number of ketones is 1. The molecule has 0 saturated carbocycles. The molecule has 0 saturated heterocycles. The Morgan fingerprint density at radius 2 is 2.19 bits per heavy atom. The lowest BCUT2D eigenvalue weighted by Gasteiger charge is -2.10. The first-order valence-corrected chi connectivity index (χ1v) is 5.31. The van der Waals surface area contributed by atoms with Crippen molar-refractivity contribution in [1.29, 1.82) is 5.26 Å². The van der Waals surface area contributed by atoms with E-state index in [1.807, 2.05) is 13.0 Å². The predicted molar refractivity (Wildman–Crippen MR) is 61.3 cm³/mol. The standard InChI is InChI=1S/C13H15NO2/c1-3-6-10(9-14)13(15)11-7-4-5-8-12(11)16-2/h4-5,7-8,10H,3,6H2,1-2H3. The van der Waals surface area contributed by atoms with Gasteiger partial charge >= 0.3 is 0 Å². The van der Waals surface area contributed by atoms with Crippen molar-refractivity contribution < 1.29 is 9.53 Å². The predicted octanol–water partition coefficient (Wildman–Crippen LogP) is 2.82. The zero-order valence-corrected chi connectivity index (χ0v) is 9.56. The van der Waals surface area contributed by atoms with E-state index in [1.54, 1.807) is 24.3 Å². The molecule has 0 spiro atoms. The van der Waals surface area contributed by atoms with Gasteiger partial charge in [0.1, 0.15) is 11.7 Å². The SMILES string of the molecule is CCCC(C#N)C(=O)c1ccccc1OC. The molecule has 0 bridgehead atoms. The van der Waals surface area contributed by atoms with Crippen molar-refractivity contribution in [3.63, 3.8) is 0 Å². The molecule has 0 fully saturated rings. The Morgan fingerprint density at radius 1 is 1.50 bits per heavy atom. The van der Waals surface area contributed by atoms with E-state index in [4.69, 9.17) is 10.00 Å². The molecule has 16 heavy (non-hydrogen) atoms. The van der Waals surface area contributed by atoms with Crippen LogP contribution < -0.4 is 4.74 Å². The highest BCUT2D eigenvalue weighted by molar-refractivity contribution is 6.01. The molecule has 0 aliphatic rings. The minimum Gasteiger partial charge on any atom is -0.496 e. The Labute approximate surface area is 95.7 Å². The first-order valence-electron chi connectivity index (χ1n) is 5.31. The third-order valence-corrected chi connectivity index (χ3v) is 2.42. The summed E-state index contributed by atoms with van der Waals surface area (Å²) in [5.74, 6) is -0.188. The van der Waals surface area contributed by atoms with E-state index >= 15 is 0 Å². The number of benzene rings is 1. The minimum atomic E-state index is -0.568. The van der Waals surface area contributed by atoms with Gasteiger partial charge in [-0.15, -0.1) is 0 Å². The molecule has 0 amide bonds. The second-order valence-electron chi connectivity index (χ2n) is 3.53. The summed E-state index contributed by atoms with van der Waals surface area (Å²) >= 11 is 0. The lowest BCUT2D eigenvalue weighted by molar-refractivity contribution is 0.0940. The number of carbonyl (C=O) groups excluding carboxylic acids is 1. The molecule has 1 aromatic rings. The van der Waals surface area contributed by atoms with Crippen LogP contribution in [0.3, 0.4) is 0 Å². The molecule has 84 valence electrons. The monoisotopic (exact) mass is 217 g/mol. The maximum absolute atomic E-state index is 12.0. The van der Waals surface area contributed by atoms with Crippen LogP contribution in [0.15, 0.2) is 24.3 Å². The Balaban J connectivity index is 2.99. The fourth-order valence-electron chi connectivity index (χ4n) is 1.58. The van der Waals surface area contributed by atoms with Gasteiger partial charge in [0.2, 0.25) is 0 Å². The van der Waals surface area contributed by atoms with Crippen molar-refractivity contribution >= 4 is 5.78 Å². The van der Waals surface area contributed by atoms with Gasteiger partial charge in [0.15, 0.2) is 5.78 Å². The number of nitrogens with zero attached hydrogens (tertiary/aromatic N) is 1. The van der Waals surface area contributed by atoms with Gasteiger partial charge in [-0.1, -0.05) is 25.5 Å². The summed E-state index contributed by atoms with van der Waals surface area (Å²) in [7, 11) is 1.52. The van der Waals surface area contributed by atoms with E-state index in [9.17, 15) is 4.79 Å². The highest BCUT2D eigenvalue weighted by Gasteiger charge is 2.21. The molecule has 1 rings (SSSR count). The van der Waals surface area contributed by atoms with E-state index in [1.165, 1.54) is 7.11 Å². The maximum atomic E-state index is 12.0. The topological polar surface area (TPSA) is 50.1 Å². The summed E-state index contributed by atoms with van der Waals surface area (Å²) in [6.45, 7) is 1.96. The van der Waals surface area contributed by atoms with E-state index < -0.39 is 5.92 Å². The van der Waals surface area contributed by atoms with Crippen molar-refractivity contribution in [1.82, 2.24) is 0 Å². The number of nitriles is 1. The number of hydrogen-bond acceptors (Lipinski definition) is 3. The zero-order chi connectivity index (χ0) is 12.0. The van der Waals surface area contributed by atoms with Gasteiger partial charge in [-0.3, -0.25) is 4.79 Å². The number of carbonyl (C=O) groups is 1. The molecule has 3 nitrogen and oxygen atoms in total. The molecule has 0 N–H and O–H groups in total. The molecule has 0 aromatic heterocycles. The summed E-state index contributed by atoms with van der Waals surface area (Å²) in [6, 6.07) is 9.05. The second-order valence-corrected chi connectivity index (χ2v) is 3.53. The van der Waals surface area contributed by atoms with Gasteiger partial charge in [0.25, 0.3) is 0 Å². The van der Waals surface area contributed by atoms with Crippen LogP contribution in [0, 0.1) is 17.2 Å². The molecule has 0 radical (unpaired) electrons. The lowest BCUT2D eigenvalue weighted by atomic mass is 9.94. The van der Waals surface area contributed by atoms with E-state index in [2.05, 4.69) is 0 Å². The maximum Gasteiger partial charge on any atom is 0.183 e.